The van der Waals surface area contributed by atoms with Gasteiger partial charge in [-0.05, 0) is 56.2 Å². The van der Waals surface area contributed by atoms with Crippen molar-refractivity contribution in [2.45, 2.75) is 79.2 Å². The summed E-state index contributed by atoms with van der Waals surface area (Å²) in [4.78, 5) is 0. The van der Waals surface area contributed by atoms with E-state index in [1.54, 1.807) is 0 Å². The quantitative estimate of drug-likeness (QED) is 0.629. The molecule has 2 unspecified atom stereocenters. The fourth-order valence-electron chi connectivity index (χ4n) is 3.31. The van der Waals surface area contributed by atoms with Crippen molar-refractivity contribution in [3.63, 3.8) is 0 Å². The molecule has 2 atom stereocenters. The highest BCUT2D eigenvalue weighted by Crippen LogP contribution is 2.23. The molecule has 1 aromatic carbocycles. The molecule has 2 N–H and O–H groups in total. The first kappa shape index (κ1) is 20.5. The van der Waals surface area contributed by atoms with Gasteiger partial charge in [-0.2, -0.15) is 0 Å². The van der Waals surface area contributed by atoms with Crippen molar-refractivity contribution in [2.24, 2.45) is 11.7 Å². The van der Waals surface area contributed by atoms with Crippen LogP contribution >= 0.6 is 12.4 Å². The molecular formula is C19H34ClN. The van der Waals surface area contributed by atoms with E-state index in [9.17, 15) is 0 Å². The van der Waals surface area contributed by atoms with Gasteiger partial charge in [-0.25, -0.2) is 0 Å². The monoisotopic (exact) mass is 311 g/mol. The first-order valence-corrected chi connectivity index (χ1v) is 8.31. The molecule has 0 saturated carbocycles. The molecule has 2 heteroatoms. The van der Waals surface area contributed by atoms with Crippen LogP contribution in [0.3, 0.4) is 0 Å². The van der Waals surface area contributed by atoms with E-state index in [0.717, 1.165) is 6.42 Å². The van der Waals surface area contributed by atoms with E-state index >= 15 is 0 Å². The number of hydrogen-bond acceptors (Lipinski definition) is 1. The lowest BCUT2D eigenvalue weighted by atomic mass is 9.85. The Bertz CT molecular complexity index is 391. The van der Waals surface area contributed by atoms with Crippen LogP contribution in [0.4, 0.5) is 0 Å². The van der Waals surface area contributed by atoms with Crippen molar-refractivity contribution in [1.82, 2.24) is 0 Å². The third kappa shape index (κ3) is 6.40. The topological polar surface area (TPSA) is 26.0 Å². The Morgan fingerprint density at radius 1 is 1.00 bits per heavy atom. The van der Waals surface area contributed by atoms with Gasteiger partial charge in [0.1, 0.15) is 0 Å². The summed E-state index contributed by atoms with van der Waals surface area (Å²) in [6, 6.07) is 4.87. The van der Waals surface area contributed by atoms with Gasteiger partial charge in [0.15, 0.2) is 0 Å². The zero-order chi connectivity index (χ0) is 15.1. The Morgan fingerprint density at radius 2 is 1.57 bits per heavy atom. The molecule has 0 saturated heterocycles. The van der Waals surface area contributed by atoms with Crippen molar-refractivity contribution >= 4 is 12.4 Å². The maximum Gasteiger partial charge on any atom is 0.0108 e. The van der Waals surface area contributed by atoms with Crippen LogP contribution in [0.25, 0.3) is 0 Å². The molecule has 0 aromatic heterocycles. The van der Waals surface area contributed by atoms with Gasteiger partial charge in [0.25, 0.3) is 0 Å². The van der Waals surface area contributed by atoms with Gasteiger partial charge in [0.05, 0.1) is 0 Å². The van der Waals surface area contributed by atoms with Gasteiger partial charge >= 0.3 is 0 Å². The van der Waals surface area contributed by atoms with Crippen molar-refractivity contribution in [2.75, 3.05) is 0 Å². The third-order valence-electron chi connectivity index (χ3n) is 4.59. The fraction of sp³-hybridized carbons (Fsp3) is 0.684. The number of rotatable bonds is 8. The lowest BCUT2D eigenvalue weighted by molar-refractivity contribution is 0.365. The molecule has 122 valence electrons. The highest BCUT2D eigenvalue weighted by atomic mass is 35.5. The molecule has 0 aliphatic carbocycles. The highest BCUT2D eigenvalue weighted by molar-refractivity contribution is 5.85. The summed E-state index contributed by atoms with van der Waals surface area (Å²) < 4.78 is 0. The van der Waals surface area contributed by atoms with E-state index < -0.39 is 0 Å². The minimum atomic E-state index is 0. The predicted molar refractivity (Wildman–Crippen MR) is 97.5 cm³/mol. The number of unbranched alkanes of at least 4 members (excludes halogenated alkanes) is 2. The van der Waals surface area contributed by atoms with Crippen molar-refractivity contribution in [1.29, 1.82) is 0 Å². The summed E-state index contributed by atoms with van der Waals surface area (Å²) in [7, 11) is 0. The van der Waals surface area contributed by atoms with Gasteiger partial charge < -0.3 is 5.73 Å². The molecule has 21 heavy (non-hydrogen) atoms. The first-order chi connectivity index (χ1) is 9.49. The molecular weight excluding hydrogens is 278 g/mol. The molecule has 0 amide bonds. The zero-order valence-corrected chi connectivity index (χ0v) is 15.4. The largest absolute Gasteiger partial charge is 0.327 e. The molecule has 1 nitrogen and oxygen atoms in total. The van der Waals surface area contributed by atoms with Crippen molar-refractivity contribution in [3.8, 4) is 0 Å². The lowest BCUT2D eigenvalue weighted by Gasteiger charge is -2.24. The average molecular weight is 312 g/mol. The molecule has 0 radical (unpaired) electrons. The van der Waals surface area contributed by atoms with Gasteiger partial charge in [0, 0.05) is 6.04 Å². The molecule has 0 aliphatic heterocycles. The van der Waals surface area contributed by atoms with Gasteiger partial charge in [-0.15, -0.1) is 12.4 Å². The molecule has 1 rings (SSSR count). The van der Waals surface area contributed by atoms with E-state index in [0.29, 0.717) is 12.0 Å². The maximum atomic E-state index is 6.52. The van der Waals surface area contributed by atoms with Crippen molar-refractivity contribution in [3.05, 3.63) is 34.4 Å². The minimum absolute atomic E-state index is 0. The highest BCUT2D eigenvalue weighted by Gasteiger charge is 2.18. The second-order valence-corrected chi connectivity index (χ2v) is 6.41. The van der Waals surface area contributed by atoms with Crippen LogP contribution in [-0.2, 0) is 6.42 Å². The smallest absolute Gasteiger partial charge is 0.0108 e. The summed E-state index contributed by atoms with van der Waals surface area (Å²) in [6.45, 7) is 11.2. The third-order valence-corrected chi connectivity index (χ3v) is 4.59. The molecule has 0 bridgehead atoms. The second kappa shape index (κ2) is 10.2. The average Bonchev–Trinajstić information content (AvgIpc) is 2.38. The lowest BCUT2D eigenvalue weighted by Crippen LogP contribution is -2.32. The van der Waals surface area contributed by atoms with Gasteiger partial charge in [-0.1, -0.05) is 57.2 Å². The van der Waals surface area contributed by atoms with Crippen LogP contribution in [0.5, 0.6) is 0 Å². The SMILES string of the molecule is CCCCCC(CC)C(N)Cc1c(C)cc(C)cc1C.Cl. The van der Waals surface area contributed by atoms with E-state index in [1.807, 2.05) is 0 Å². The zero-order valence-electron chi connectivity index (χ0n) is 14.5. The van der Waals surface area contributed by atoms with Gasteiger partial charge in [0.2, 0.25) is 0 Å². The van der Waals surface area contributed by atoms with Crippen LogP contribution in [0.1, 0.15) is 68.2 Å². The normalized spacial score (nSPS) is 13.6. The Balaban J connectivity index is 0.00000400. The minimum Gasteiger partial charge on any atom is -0.327 e. The summed E-state index contributed by atoms with van der Waals surface area (Å²) >= 11 is 0. The molecule has 0 spiro atoms. The van der Waals surface area contributed by atoms with Crippen LogP contribution in [0, 0.1) is 26.7 Å². The fourth-order valence-corrected chi connectivity index (χ4v) is 3.31. The summed E-state index contributed by atoms with van der Waals surface area (Å²) in [6.07, 6.45) is 7.48. The Morgan fingerprint density at radius 3 is 2.05 bits per heavy atom. The van der Waals surface area contributed by atoms with Crippen LogP contribution < -0.4 is 5.73 Å². The first-order valence-electron chi connectivity index (χ1n) is 8.31. The number of benzene rings is 1. The predicted octanol–water partition coefficient (Wildman–Crippen LogP) is 5.51. The number of nitrogens with two attached hydrogens (primary N) is 1. The second-order valence-electron chi connectivity index (χ2n) is 6.41. The summed E-state index contributed by atoms with van der Waals surface area (Å²) in [5.74, 6) is 0.668. The molecule has 0 fully saturated rings. The number of hydrogen-bond donors (Lipinski definition) is 1. The molecule has 0 heterocycles. The summed E-state index contributed by atoms with van der Waals surface area (Å²) in [5.41, 5.74) is 12.2. The number of halogens is 1. The maximum absolute atomic E-state index is 6.52. The standard InChI is InChI=1S/C19H33N.ClH/c1-6-8-9-10-17(7-2)19(20)13-18-15(4)11-14(3)12-16(18)5;/h11-12,17,19H,6-10,13,20H2,1-5H3;1H. The van der Waals surface area contributed by atoms with Crippen LogP contribution in [0.2, 0.25) is 0 Å². The Kier molecular flexibility index (Phi) is 9.98. The molecule has 1 aromatic rings. The Hall–Kier alpha value is -0.530. The number of aryl methyl sites for hydroxylation is 3. The van der Waals surface area contributed by atoms with Crippen LogP contribution in [-0.4, -0.2) is 6.04 Å². The van der Waals surface area contributed by atoms with E-state index in [4.69, 9.17) is 5.73 Å². The van der Waals surface area contributed by atoms with E-state index in [-0.39, 0.29) is 12.4 Å². The Labute approximate surface area is 138 Å². The van der Waals surface area contributed by atoms with E-state index in [1.165, 1.54) is 54.4 Å². The summed E-state index contributed by atoms with van der Waals surface area (Å²) in [5, 5.41) is 0. The van der Waals surface area contributed by atoms with Crippen LogP contribution in [0.15, 0.2) is 12.1 Å². The van der Waals surface area contributed by atoms with E-state index in [2.05, 4.69) is 46.8 Å². The molecule has 0 aliphatic rings. The van der Waals surface area contributed by atoms with Gasteiger partial charge in [-0.3, -0.25) is 0 Å². The van der Waals surface area contributed by atoms with Crippen molar-refractivity contribution < 1.29 is 0 Å².